The smallest absolute Gasteiger partial charge is 0.410 e. The average molecular weight is 506 g/mol. The van der Waals surface area contributed by atoms with Gasteiger partial charge in [-0.2, -0.15) is 0 Å². The number of aromatic amines is 1. The number of hydrogen-bond acceptors (Lipinski definition) is 5. The van der Waals surface area contributed by atoms with Gasteiger partial charge >= 0.3 is 6.09 Å². The fraction of sp³-hybridized carbons (Fsp3) is 0.357. The van der Waals surface area contributed by atoms with E-state index in [2.05, 4.69) is 22.1 Å². The number of benzene rings is 2. The van der Waals surface area contributed by atoms with E-state index in [-0.39, 0.29) is 12.1 Å². The highest BCUT2D eigenvalue weighted by atomic mass is 35.5. The van der Waals surface area contributed by atoms with Crippen LogP contribution >= 0.6 is 11.6 Å². The maximum Gasteiger partial charge on any atom is 0.410 e. The molecule has 3 aliphatic rings. The van der Waals surface area contributed by atoms with Crippen LogP contribution in [0.2, 0.25) is 5.02 Å². The van der Waals surface area contributed by atoms with E-state index in [0.29, 0.717) is 24.8 Å². The number of hydrogen-bond donors (Lipinski definition) is 1. The summed E-state index contributed by atoms with van der Waals surface area (Å²) in [7, 11) is 0. The Bertz CT molecular complexity index is 1390. The molecular weight excluding hydrogens is 478 g/mol. The van der Waals surface area contributed by atoms with Crippen molar-refractivity contribution < 1.29 is 19.0 Å². The fourth-order valence-electron chi connectivity index (χ4n) is 5.12. The quantitative estimate of drug-likeness (QED) is 0.430. The molecule has 6 rings (SSSR count). The lowest BCUT2D eigenvalue weighted by Gasteiger charge is -2.29. The number of rotatable bonds is 2. The van der Waals surface area contributed by atoms with E-state index in [9.17, 15) is 4.79 Å². The third-order valence-corrected chi connectivity index (χ3v) is 7.02. The molecule has 1 fully saturated rings. The molecule has 1 saturated heterocycles. The Kier molecular flexibility index (Phi) is 5.48. The monoisotopic (exact) mass is 505 g/mol. The number of ether oxygens (including phenoxy) is 3. The van der Waals surface area contributed by atoms with E-state index in [4.69, 9.17) is 25.8 Å². The molecule has 36 heavy (non-hydrogen) atoms. The van der Waals surface area contributed by atoms with E-state index in [0.717, 1.165) is 63.7 Å². The maximum atomic E-state index is 12.7. The Morgan fingerprint density at radius 3 is 2.50 bits per heavy atom. The number of halogens is 1. The second kappa shape index (κ2) is 8.59. The maximum absolute atomic E-state index is 12.7. The van der Waals surface area contributed by atoms with Crippen molar-refractivity contribution in [2.24, 2.45) is 0 Å². The largest absolute Gasteiger partial charge is 0.488 e. The summed E-state index contributed by atoms with van der Waals surface area (Å²) in [5.74, 6) is 2.38. The summed E-state index contributed by atoms with van der Waals surface area (Å²) >= 11 is 6.14. The minimum absolute atomic E-state index is 0.122. The van der Waals surface area contributed by atoms with Gasteiger partial charge < -0.3 is 19.2 Å². The van der Waals surface area contributed by atoms with Crippen molar-refractivity contribution in [3.8, 4) is 22.8 Å². The van der Waals surface area contributed by atoms with Crippen LogP contribution in [0.5, 0.6) is 11.5 Å². The first-order valence-electron chi connectivity index (χ1n) is 12.2. The number of amides is 1. The highest BCUT2D eigenvalue weighted by Gasteiger charge is 2.35. The van der Waals surface area contributed by atoms with Gasteiger partial charge in [-0.25, -0.2) is 9.78 Å². The number of imidazole rings is 1. The van der Waals surface area contributed by atoms with E-state index in [1.807, 2.05) is 51.2 Å². The van der Waals surface area contributed by atoms with Crippen molar-refractivity contribution in [1.82, 2.24) is 14.9 Å². The van der Waals surface area contributed by atoms with E-state index < -0.39 is 5.60 Å². The van der Waals surface area contributed by atoms with Gasteiger partial charge in [0.1, 0.15) is 36.1 Å². The fourth-order valence-corrected chi connectivity index (χ4v) is 5.28. The highest BCUT2D eigenvalue weighted by molar-refractivity contribution is 6.30. The Balaban J connectivity index is 1.26. The lowest BCUT2D eigenvalue weighted by atomic mass is 9.90. The molecular formula is C28H28ClN3O4. The molecule has 1 atom stereocenters. The Morgan fingerprint density at radius 2 is 1.78 bits per heavy atom. The van der Waals surface area contributed by atoms with Gasteiger partial charge in [-0.1, -0.05) is 23.7 Å². The van der Waals surface area contributed by atoms with Crippen molar-refractivity contribution in [3.05, 3.63) is 64.6 Å². The molecule has 186 valence electrons. The van der Waals surface area contributed by atoms with Gasteiger partial charge in [0.05, 0.1) is 17.9 Å². The van der Waals surface area contributed by atoms with Crippen LogP contribution < -0.4 is 9.47 Å². The predicted octanol–water partition coefficient (Wildman–Crippen LogP) is 6.50. The van der Waals surface area contributed by atoms with Crippen LogP contribution in [0.4, 0.5) is 4.79 Å². The van der Waals surface area contributed by atoms with E-state index >= 15 is 0 Å². The number of fused-ring (bicyclic) bond motifs is 4. The van der Waals surface area contributed by atoms with Gasteiger partial charge in [-0.05, 0) is 57.9 Å². The summed E-state index contributed by atoms with van der Waals surface area (Å²) in [6.07, 6.45) is 3.29. The van der Waals surface area contributed by atoms with Gasteiger partial charge in [-0.3, -0.25) is 4.90 Å². The predicted molar refractivity (Wildman–Crippen MR) is 138 cm³/mol. The third kappa shape index (κ3) is 4.11. The zero-order chi connectivity index (χ0) is 25.0. The molecule has 0 radical (unpaired) electrons. The molecule has 2 aromatic carbocycles. The van der Waals surface area contributed by atoms with Crippen molar-refractivity contribution in [3.63, 3.8) is 0 Å². The lowest BCUT2D eigenvalue weighted by molar-refractivity contribution is 0.0218. The van der Waals surface area contributed by atoms with Crippen LogP contribution in [0, 0.1) is 0 Å². The summed E-state index contributed by atoms with van der Waals surface area (Å²) in [6.45, 7) is 7.26. The van der Waals surface area contributed by atoms with E-state index in [1.165, 1.54) is 0 Å². The number of carbonyl (C=O) groups is 1. The summed E-state index contributed by atoms with van der Waals surface area (Å²) in [5, 5.41) is 0.658. The second-order valence-corrected chi connectivity index (χ2v) is 10.8. The molecule has 1 N–H and O–H groups in total. The molecule has 0 saturated carbocycles. The molecule has 0 unspecified atom stereocenters. The molecule has 7 nitrogen and oxygen atoms in total. The van der Waals surface area contributed by atoms with Crippen molar-refractivity contribution >= 4 is 28.8 Å². The third-order valence-electron chi connectivity index (χ3n) is 6.79. The van der Waals surface area contributed by atoms with Crippen LogP contribution in [0.1, 0.15) is 56.6 Å². The number of nitrogens with zero attached hydrogens (tertiary/aromatic N) is 2. The molecule has 1 amide bonds. The van der Waals surface area contributed by atoms with Crippen LogP contribution in [0.3, 0.4) is 0 Å². The number of carbonyl (C=O) groups excluding carboxylic acids is 1. The van der Waals surface area contributed by atoms with Crippen molar-refractivity contribution in [1.29, 1.82) is 0 Å². The zero-order valence-electron chi connectivity index (χ0n) is 20.6. The van der Waals surface area contributed by atoms with Gasteiger partial charge in [0, 0.05) is 39.4 Å². The van der Waals surface area contributed by atoms with Crippen LogP contribution in [-0.2, 0) is 4.74 Å². The molecule has 0 bridgehead atoms. The molecule has 0 spiro atoms. The lowest BCUT2D eigenvalue weighted by Crippen LogP contribution is -2.36. The van der Waals surface area contributed by atoms with Crippen LogP contribution in [0.25, 0.3) is 22.4 Å². The second-order valence-electron chi connectivity index (χ2n) is 10.4. The average Bonchev–Trinajstić information content (AvgIpc) is 3.52. The Labute approximate surface area is 215 Å². The van der Waals surface area contributed by atoms with Gasteiger partial charge in [0.2, 0.25) is 0 Å². The first-order valence-corrected chi connectivity index (χ1v) is 12.6. The molecule has 8 heteroatoms. The molecule has 1 aromatic heterocycles. The van der Waals surface area contributed by atoms with Gasteiger partial charge in [0.15, 0.2) is 0 Å². The number of nitrogens with one attached hydrogen (secondary N) is 1. The Hall–Kier alpha value is -3.45. The normalized spacial score (nSPS) is 18.7. The molecule has 3 aromatic rings. The van der Waals surface area contributed by atoms with Crippen LogP contribution in [0.15, 0.2) is 42.6 Å². The summed E-state index contributed by atoms with van der Waals surface area (Å²) in [4.78, 5) is 22.5. The standard InChI is InChI=1S/C28H28ClN3O4/c1-28(2,3)36-27(33)32-10-4-5-23(32)26-30-13-22(31-26)16-6-8-18-20-15-35-25-12-17(29)7-9-19(25)21(20)14-34-24(18)11-16/h6-9,11-13,23H,4-5,10,14-15H2,1-3H3,(H,30,31)/t23-/m0/s1. The zero-order valence-corrected chi connectivity index (χ0v) is 21.3. The Morgan fingerprint density at radius 1 is 1.08 bits per heavy atom. The SMILES string of the molecule is CC(C)(C)OC(=O)N1CCC[C@H]1c1ncc(-c2ccc3c(c2)OCC2=C3COc3cc(Cl)ccc32)[nH]1. The van der Waals surface area contributed by atoms with Gasteiger partial charge in [0.25, 0.3) is 0 Å². The first kappa shape index (κ1) is 23.0. The summed E-state index contributed by atoms with van der Waals surface area (Å²) in [5.41, 5.74) is 5.67. The first-order chi connectivity index (χ1) is 17.3. The summed E-state index contributed by atoms with van der Waals surface area (Å²) in [6, 6.07) is 11.8. The number of likely N-dealkylation sites (tertiary alicyclic amines) is 1. The van der Waals surface area contributed by atoms with E-state index in [1.54, 1.807) is 4.90 Å². The molecule has 3 aliphatic heterocycles. The molecule has 0 aliphatic carbocycles. The number of aromatic nitrogens is 2. The minimum atomic E-state index is -0.532. The van der Waals surface area contributed by atoms with Gasteiger partial charge in [-0.15, -0.1) is 0 Å². The van der Waals surface area contributed by atoms with Crippen molar-refractivity contribution in [2.75, 3.05) is 19.8 Å². The topological polar surface area (TPSA) is 76.7 Å². The minimum Gasteiger partial charge on any atom is -0.488 e. The summed E-state index contributed by atoms with van der Waals surface area (Å²) < 4.78 is 17.8. The van der Waals surface area contributed by atoms with Crippen LogP contribution in [-0.4, -0.2) is 46.3 Å². The molecule has 4 heterocycles. The van der Waals surface area contributed by atoms with Crippen molar-refractivity contribution in [2.45, 2.75) is 45.3 Å². The highest BCUT2D eigenvalue weighted by Crippen LogP contribution is 2.44. The number of H-pyrrole nitrogens is 1.